The Bertz CT molecular complexity index is 879. The van der Waals surface area contributed by atoms with E-state index in [1.165, 1.54) is 11.6 Å². The predicted octanol–water partition coefficient (Wildman–Crippen LogP) is 4.33. The number of piperidine rings is 1. The molecule has 0 radical (unpaired) electrons. The Labute approximate surface area is 178 Å². The topological polar surface area (TPSA) is 49.4 Å². The highest BCUT2D eigenvalue weighted by atomic mass is 19.1. The Kier molecular flexibility index (Phi) is 6.91. The highest BCUT2D eigenvalue weighted by molar-refractivity contribution is 5.94. The maximum absolute atomic E-state index is 13.7. The molecule has 3 rings (SSSR count). The molecule has 4 nitrogen and oxygen atoms in total. The van der Waals surface area contributed by atoms with Gasteiger partial charge >= 0.3 is 0 Å². The highest BCUT2D eigenvalue weighted by Crippen LogP contribution is 2.24. The smallest absolute Gasteiger partial charge is 0.253 e. The summed E-state index contributed by atoms with van der Waals surface area (Å²) in [6.07, 6.45) is 1.77. The lowest BCUT2D eigenvalue weighted by Crippen LogP contribution is -2.43. The van der Waals surface area contributed by atoms with Gasteiger partial charge in [0.25, 0.3) is 5.91 Å². The second-order valence-electron chi connectivity index (χ2n) is 9.03. The summed E-state index contributed by atoms with van der Waals surface area (Å²) >= 11 is 0. The summed E-state index contributed by atoms with van der Waals surface area (Å²) < 4.78 is 13.7. The van der Waals surface area contributed by atoms with Crippen LogP contribution in [-0.4, -0.2) is 36.3 Å². The van der Waals surface area contributed by atoms with Gasteiger partial charge in [0.2, 0.25) is 5.91 Å². The van der Waals surface area contributed by atoms with Crippen molar-refractivity contribution >= 4 is 11.8 Å². The summed E-state index contributed by atoms with van der Waals surface area (Å²) in [5.41, 5.74) is 2.55. The van der Waals surface area contributed by atoms with Gasteiger partial charge in [0.05, 0.1) is 0 Å². The molecule has 0 spiro atoms. The fourth-order valence-electron chi connectivity index (χ4n) is 3.81. The monoisotopic (exact) mass is 410 g/mol. The molecule has 0 bridgehead atoms. The van der Waals surface area contributed by atoms with Crippen LogP contribution in [0.4, 0.5) is 4.39 Å². The number of hydrogen-bond donors (Lipinski definition) is 1. The Hall–Kier alpha value is -2.69. The number of carbonyl (C=O) groups is 2. The number of likely N-dealkylation sites (tertiary alicyclic amines) is 1. The van der Waals surface area contributed by atoms with Crippen molar-refractivity contribution in [3.8, 4) is 0 Å². The van der Waals surface area contributed by atoms with Crippen molar-refractivity contribution in [2.45, 2.75) is 45.4 Å². The Morgan fingerprint density at radius 1 is 1.03 bits per heavy atom. The molecule has 1 aliphatic heterocycles. The number of rotatable bonds is 5. The summed E-state index contributed by atoms with van der Waals surface area (Å²) in [4.78, 5) is 27.1. The van der Waals surface area contributed by atoms with Crippen LogP contribution in [0, 0.1) is 11.7 Å². The molecular formula is C25H31FN2O2. The zero-order chi connectivity index (χ0) is 21.7. The maximum atomic E-state index is 13.7. The second-order valence-corrected chi connectivity index (χ2v) is 9.03. The average molecular weight is 411 g/mol. The van der Waals surface area contributed by atoms with Crippen LogP contribution in [0.3, 0.4) is 0 Å². The number of carbonyl (C=O) groups excluding carboxylic acids is 2. The second kappa shape index (κ2) is 9.41. The van der Waals surface area contributed by atoms with Gasteiger partial charge in [-0.3, -0.25) is 9.59 Å². The minimum Gasteiger partial charge on any atom is -0.356 e. The van der Waals surface area contributed by atoms with Crippen molar-refractivity contribution in [1.82, 2.24) is 10.2 Å². The Morgan fingerprint density at radius 3 is 2.27 bits per heavy atom. The lowest BCUT2D eigenvalue weighted by Gasteiger charge is -2.31. The van der Waals surface area contributed by atoms with E-state index >= 15 is 0 Å². The standard InChI is InChI=1S/C25H31FN2O2/c1-25(2,3)21-10-8-20(9-11-21)24(30)28-16-13-19(14-17-28)23(29)27-15-12-18-6-4-5-7-22(18)26/h4-11,19H,12-17H2,1-3H3,(H,27,29). The summed E-state index contributed by atoms with van der Waals surface area (Å²) in [5.74, 6) is -0.325. The van der Waals surface area contributed by atoms with Crippen molar-refractivity contribution < 1.29 is 14.0 Å². The first-order valence-corrected chi connectivity index (χ1v) is 10.7. The lowest BCUT2D eigenvalue weighted by molar-refractivity contribution is -0.126. The third-order valence-corrected chi connectivity index (χ3v) is 5.80. The fraction of sp³-hybridized carbons (Fsp3) is 0.440. The number of amides is 2. The van der Waals surface area contributed by atoms with Crippen LogP contribution in [0.15, 0.2) is 48.5 Å². The zero-order valence-corrected chi connectivity index (χ0v) is 18.1. The van der Waals surface area contributed by atoms with Crippen LogP contribution in [0.25, 0.3) is 0 Å². The molecule has 1 fully saturated rings. The molecule has 5 heteroatoms. The van der Waals surface area contributed by atoms with E-state index in [0.29, 0.717) is 50.0 Å². The molecule has 0 aliphatic carbocycles. The number of nitrogens with one attached hydrogen (secondary N) is 1. The summed E-state index contributed by atoms with van der Waals surface area (Å²) in [7, 11) is 0. The molecule has 0 saturated carbocycles. The van der Waals surface area contributed by atoms with Gasteiger partial charge in [0.1, 0.15) is 5.82 Å². The van der Waals surface area contributed by atoms with Crippen LogP contribution in [-0.2, 0) is 16.6 Å². The number of hydrogen-bond acceptors (Lipinski definition) is 2. The van der Waals surface area contributed by atoms with E-state index in [9.17, 15) is 14.0 Å². The molecule has 1 aliphatic rings. The van der Waals surface area contributed by atoms with Crippen LogP contribution in [0.2, 0.25) is 0 Å². The van der Waals surface area contributed by atoms with E-state index in [0.717, 1.165) is 0 Å². The summed E-state index contributed by atoms with van der Waals surface area (Å²) in [5, 5.41) is 2.92. The van der Waals surface area contributed by atoms with Crippen molar-refractivity contribution in [1.29, 1.82) is 0 Å². The summed E-state index contributed by atoms with van der Waals surface area (Å²) in [6, 6.07) is 14.4. The minimum atomic E-state index is -0.242. The van der Waals surface area contributed by atoms with E-state index < -0.39 is 0 Å². The SMILES string of the molecule is CC(C)(C)c1ccc(C(=O)N2CCC(C(=O)NCCc3ccccc3F)CC2)cc1. The summed E-state index contributed by atoms with van der Waals surface area (Å²) in [6.45, 7) is 8.01. The third kappa shape index (κ3) is 5.47. The van der Waals surface area contributed by atoms with Gasteiger partial charge in [-0.15, -0.1) is 0 Å². The number of nitrogens with zero attached hydrogens (tertiary/aromatic N) is 1. The van der Waals surface area contributed by atoms with E-state index in [1.807, 2.05) is 29.2 Å². The maximum Gasteiger partial charge on any atom is 0.253 e. The predicted molar refractivity (Wildman–Crippen MR) is 117 cm³/mol. The average Bonchev–Trinajstić information content (AvgIpc) is 2.74. The molecular weight excluding hydrogens is 379 g/mol. The molecule has 160 valence electrons. The van der Waals surface area contributed by atoms with Gasteiger partial charge in [0.15, 0.2) is 0 Å². The molecule has 1 saturated heterocycles. The van der Waals surface area contributed by atoms with Gasteiger partial charge < -0.3 is 10.2 Å². The molecule has 0 aromatic heterocycles. The van der Waals surface area contributed by atoms with Gasteiger partial charge in [-0.2, -0.15) is 0 Å². The molecule has 2 amide bonds. The molecule has 1 N–H and O–H groups in total. The van der Waals surface area contributed by atoms with E-state index in [2.05, 4.69) is 26.1 Å². The van der Waals surface area contributed by atoms with Crippen LogP contribution in [0.5, 0.6) is 0 Å². The van der Waals surface area contributed by atoms with Gasteiger partial charge in [-0.1, -0.05) is 51.1 Å². The van der Waals surface area contributed by atoms with Gasteiger partial charge in [-0.05, 0) is 54.0 Å². The lowest BCUT2D eigenvalue weighted by atomic mass is 9.86. The van der Waals surface area contributed by atoms with Gasteiger partial charge in [-0.25, -0.2) is 4.39 Å². The third-order valence-electron chi connectivity index (χ3n) is 5.80. The minimum absolute atomic E-state index is 0.00651. The highest BCUT2D eigenvalue weighted by Gasteiger charge is 2.28. The van der Waals surface area contributed by atoms with Crippen LogP contribution >= 0.6 is 0 Å². The Morgan fingerprint density at radius 2 is 1.67 bits per heavy atom. The molecule has 2 aromatic rings. The normalized spacial score (nSPS) is 15.1. The molecule has 0 unspecified atom stereocenters. The first-order chi connectivity index (χ1) is 14.3. The van der Waals surface area contributed by atoms with Crippen molar-refractivity contribution in [3.63, 3.8) is 0 Å². The zero-order valence-electron chi connectivity index (χ0n) is 18.1. The van der Waals surface area contributed by atoms with Crippen LogP contribution < -0.4 is 5.32 Å². The quantitative estimate of drug-likeness (QED) is 0.797. The molecule has 30 heavy (non-hydrogen) atoms. The van der Waals surface area contributed by atoms with Crippen molar-refractivity contribution in [3.05, 3.63) is 71.0 Å². The van der Waals surface area contributed by atoms with E-state index in [-0.39, 0.29) is 29.0 Å². The van der Waals surface area contributed by atoms with Crippen molar-refractivity contribution in [2.24, 2.45) is 5.92 Å². The first-order valence-electron chi connectivity index (χ1n) is 10.7. The fourth-order valence-corrected chi connectivity index (χ4v) is 3.81. The molecule has 0 atom stereocenters. The number of halogens is 1. The largest absolute Gasteiger partial charge is 0.356 e. The van der Waals surface area contributed by atoms with Crippen LogP contribution in [0.1, 0.15) is 55.1 Å². The van der Waals surface area contributed by atoms with E-state index in [4.69, 9.17) is 0 Å². The van der Waals surface area contributed by atoms with Gasteiger partial charge in [0, 0.05) is 31.1 Å². The Balaban J connectivity index is 1.46. The van der Waals surface area contributed by atoms with E-state index in [1.54, 1.807) is 18.2 Å². The van der Waals surface area contributed by atoms with Crippen molar-refractivity contribution in [2.75, 3.05) is 19.6 Å². The molecule has 2 aromatic carbocycles. The first kappa shape index (κ1) is 22.0. The number of benzene rings is 2. The molecule has 1 heterocycles.